The summed E-state index contributed by atoms with van der Waals surface area (Å²) in [5, 5.41) is 4.67. The van der Waals surface area contributed by atoms with Gasteiger partial charge >= 0.3 is 0 Å². The fraction of sp³-hybridized carbons (Fsp3) is 0.143. The molecule has 0 spiro atoms. The van der Waals surface area contributed by atoms with Crippen LogP contribution in [-0.4, -0.2) is 12.2 Å². The molecule has 0 aliphatic carbocycles. The lowest BCUT2D eigenvalue weighted by atomic mass is 10.0. The van der Waals surface area contributed by atoms with E-state index in [0.717, 1.165) is 22.3 Å². The second-order valence-corrected chi connectivity index (χ2v) is 7.01. The zero-order valence-corrected chi connectivity index (χ0v) is 15.2. The lowest BCUT2D eigenvalue weighted by Gasteiger charge is -2.07. The van der Waals surface area contributed by atoms with Gasteiger partial charge in [-0.1, -0.05) is 35.9 Å². The first-order valence-corrected chi connectivity index (χ1v) is 8.90. The van der Waals surface area contributed by atoms with Crippen LogP contribution in [0.1, 0.15) is 37.4 Å². The van der Waals surface area contributed by atoms with Crippen LogP contribution in [0.25, 0.3) is 10.4 Å². The largest absolute Gasteiger partial charge is 0.321 e. The van der Waals surface area contributed by atoms with E-state index in [1.807, 2.05) is 43.5 Å². The molecule has 0 bridgehead atoms. The molecular formula is C21H19NO2S. The zero-order chi connectivity index (χ0) is 18.0. The quantitative estimate of drug-likeness (QED) is 0.641. The minimum absolute atomic E-state index is 0.215. The van der Waals surface area contributed by atoms with Crippen molar-refractivity contribution in [3.63, 3.8) is 0 Å². The van der Waals surface area contributed by atoms with Crippen LogP contribution >= 0.6 is 11.3 Å². The molecule has 3 rings (SSSR count). The van der Waals surface area contributed by atoms with Crippen molar-refractivity contribution in [1.82, 2.24) is 0 Å². The number of carbonyl (C=O) groups is 2. The summed E-state index contributed by atoms with van der Waals surface area (Å²) < 4.78 is 0. The number of nitrogens with one attached hydrogen (secondary N) is 1. The fourth-order valence-corrected chi connectivity index (χ4v) is 3.56. The van der Waals surface area contributed by atoms with Crippen LogP contribution in [0.4, 0.5) is 5.69 Å². The van der Waals surface area contributed by atoms with Gasteiger partial charge in [0.15, 0.2) is 6.29 Å². The highest BCUT2D eigenvalue weighted by Crippen LogP contribution is 2.35. The zero-order valence-electron chi connectivity index (χ0n) is 14.4. The lowest BCUT2D eigenvalue weighted by molar-refractivity contribution is 0.102. The van der Waals surface area contributed by atoms with Crippen molar-refractivity contribution in [2.24, 2.45) is 0 Å². The van der Waals surface area contributed by atoms with Crippen molar-refractivity contribution in [2.75, 3.05) is 5.32 Å². The van der Waals surface area contributed by atoms with Crippen molar-refractivity contribution in [3.05, 3.63) is 75.7 Å². The predicted molar refractivity (Wildman–Crippen MR) is 104 cm³/mol. The number of benzene rings is 2. The van der Waals surface area contributed by atoms with Crippen LogP contribution in [-0.2, 0) is 0 Å². The summed E-state index contributed by atoms with van der Waals surface area (Å²) in [7, 11) is 0. The van der Waals surface area contributed by atoms with E-state index in [1.54, 1.807) is 12.1 Å². The average Bonchev–Trinajstić information content (AvgIpc) is 3.00. The Kier molecular flexibility index (Phi) is 4.81. The van der Waals surface area contributed by atoms with E-state index in [4.69, 9.17) is 0 Å². The van der Waals surface area contributed by atoms with Gasteiger partial charge in [0.1, 0.15) is 0 Å². The second kappa shape index (κ2) is 7.03. The molecule has 1 aromatic heterocycles. The summed E-state index contributed by atoms with van der Waals surface area (Å²) >= 11 is 1.46. The van der Waals surface area contributed by atoms with Gasteiger partial charge in [0.05, 0.1) is 11.3 Å². The highest BCUT2D eigenvalue weighted by atomic mass is 32.1. The number of thiophene rings is 1. The molecule has 25 heavy (non-hydrogen) atoms. The number of anilines is 1. The van der Waals surface area contributed by atoms with Gasteiger partial charge in [0.25, 0.3) is 5.91 Å². The number of rotatable bonds is 4. The monoisotopic (exact) mass is 349 g/mol. The molecule has 0 aliphatic heterocycles. The van der Waals surface area contributed by atoms with E-state index in [-0.39, 0.29) is 5.91 Å². The molecule has 0 fully saturated rings. The van der Waals surface area contributed by atoms with Crippen molar-refractivity contribution in [1.29, 1.82) is 0 Å². The first kappa shape index (κ1) is 17.1. The third-order valence-corrected chi connectivity index (χ3v) is 5.32. The highest BCUT2D eigenvalue weighted by molar-refractivity contribution is 7.14. The van der Waals surface area contributed by atoms with Gasteiger partial charge < -0.3 is 5.32 Å². The van der Waals surface area contributed by atoms with Crippen LogP contribution in [0.15, 0.2) is 47.8 Å². The van der Waals surface area contributed by atoms with Crippen molar-refractivity contribution in [2.45, 2.75) is 20.8 Å². The van der Waals surface area contributed by atoms with Gasteiger partial charge in [-0.2, -0.15) is 0 Å². The summed E-state index contributed by atoms with van der Waals surface area (Å²) in [6.45, 7) is 6.08. The van der Waals surface area contributed by atoms with E-state index in [2.05, 4.69) is 18.3 Å². The topological polar surface area (TPSA) is 46.2 Å². The van der Waals surface area contributed by atoms with Crippen LogP contribution in [0.2, 0.25) is 0 Å². The number of aryl methyl sites for hydroxylation is 3. The van der Waals surface area contributed by atoms with E-state index >= 15 is 0 Å². The van der Waals surface area contributed by atoms with E-state index in [0.29, 0.717) is 16.8 Å². The van der Waals surface area contributed by atoms with Crippen LogP contribution in [0.5, 0.6) is 0 Å². The molecule has 0 aliphatic rings. The highest BCUT2D eigenvalue weighted by Gasteiger charge is 2.16. The number of amides is 1. The Hall–Kier alpha value is -2.72. The van der Waals surface area contributed by atoms with Crippen LogP contribution in [0, 0.1) is 20.8 Å². The summed E-state index contributed by atoms with van der Waals surface area (Å²) in [5.74, 6) is -0.215. The number of carbonyl (C=O) groups excluding carboxylic acids is 2. The van der Waals surface area contributed by atoms with Gasteiger partial charge in [0.2, 0.25) is 0 Å². The molecule has 3 nitrogen and oxygen atoms in total. The minimum Gasteiger partial charge on any atom is -0.321 e. The number of aldehydes is 1. The Morgan fingerprint density at radius 2 is 1.72 bits per heavy atom. The van der Waals surface area contributed by atoms with Gasteiger partial charge in [-0.05, 0) is 49.6 Å². The van der Waals surface area contributed by atoms with Crippen LogP contribution in [0.3, 0.4) is 0 Å². The molecule has 1 heterocycles. The molecule has 1 amide bonds. The SMILES string of the molecule is Cc1ccc(C(=O)Nc2csc(-c3ccc(C)c(C)c3)c2C=O)cc1. The average molecular weight is 349 g/mol. The second-order valence-electron chi connectivity index (χ2n) is 6.13. The van der Waals surface area contributed by atoms with Crippen LogP contribution < -0.4 is 5.32 Å². The maximum absolute atomic E-state index is 12.4. The van der Waals surface area contributed by atoms with Crippen molar-refractivity contribution >= 4 is 29.2 Å². The molecule has 0 unspecified atom stereocenters. The summed E-state index contributed by atoms with van der Waals surface area (Å²) in [6, 6.07) is 13.5. The standard InChI is InChI=1S/C21H19NO2S/c1-13-4-7-16(8-5-13)21(24)22-19-12-25-20(18(19)11-23)17-9-6-14(2)15(3)10-17/h4-12H,1-3H3,(H,22,24). The molecule has 4 heteroatoms. The molecule has 3 aromatic rings. The third-order valence-electron chi connectivity index (χ3n) is 4.28. The Labute approximate surface area is 151 Å². The Morgan fingerprint density at radius 1 is 1.00 bits per heavy atom. The molecule has 0 saturated carbocycles. The molecule has 0 atom stereocenters. The van der Waals surface area contributed by atoms with Gasteiger partial charge in [-0.3, -0.25) is 9.59 Å². The Morgan fingerprint density at radius 3 is 2.36 bits per heavy atom. The Bertz CT molecular complexity index is 939. The van der Waals surface area contributed by atoms with Gasteiger partial charge in [-0.25, -0.2) is 0 Å². The molecule has 126 valence electrons. The summed E-state index contributed by atoms with van der Waals surface area (Å²) in [4.78, 5) is 24.9. The first-order valence-electron chi connectivity index (χ1n) is 8.02. The van der Waals surface area contributed by atoms with Gasteiger partial charge in [-0.15, -0.1) is 11.3 Å². The molecule has 0 radical (unpaired) electrons. The smallest absolute Gasteiger partial charge is 0.255 e. The molecule has 2 aromatic carbocycles. The minimum atomic E-state index is -0.215. The number of hydrogen-bond donors (Lipinski definition) is 1. The number of hydrogen-bond acceptors (Lipinski definition) is 3. The predicted octanol–water partition coefficient (Wildman–Crippen LogP) is 5.41. The van der Waals surface area contributed by atoms with E-state index in [9.17, 15) is 9.59 Å². The fourth-order valence-electron chi connectivity index (χ4n) is 2.59. The van der Waals surface area contributed by atoms with E-state index < -0.39 is 0 Å². The normalized spacial score (nSPS) is 10.5. The van der Waals surface area contributed by atoms with Crippen molar-refractivity contribution < 1.29 is 9.59 Å². The van der Waals surface area contributed by atoms with Gasteiger partial charge in [0, 0.05) is 15.8 Å². The Balaban J connectivity index is 1.92. The lowest BCUT2D eigenvalue weighted by Crippen LogP contribution is -2.12. The van der Waals surface area contributed by atoms with Crippen molar-refractivity contribution in [3.8, 4) is 10.4 Å². The molecular weight excluding hydrogens is 330 g/mol. The maximum Gasteiger partial charge on any atom is 0.255 e. The summed E-state index contributed by atoms with van der Waals surface area (Å²) in [6.07, 6.45) is 0.811. The first-order chi connectivity index (χ1) is 12.0. The molecule has 1 N–H and O–H groups in total. The third kappa shape index (κ3) is 3.54. The van der Waals surface area contributed by atoms with E-state index in [1.165, 1.54) is 22.5 Å². The summed E-state index contributed by atoms with van der Waals surface area (Å²) in [5.41, 5.74) is 6.12. The molecule has 0 saturated heterocycles. The maximum atomic E-state index is 12.4.